The van der Waals surface area contributed by atoms with Gasteiger partial charge in [-0.05, 0) is 110 Å². The summed E-state index contributed by atoms with van der Waals surface area (Å²) in [4.78, 5) is 117. The van der Waals surface area contributed by atoms with Crippen LogP contribution in [-0.4, -0.2) is 141 Å². The number of carbonyl (C=O) groups is 9. The third-order valence-electron chi connectivity index (χ3n) is 19.4. The van der Waals surface area contributed by atoms with E-state index in [1.165, 1.54) is 12.7 Å². The Labute approximate surface area is 456 Å². The van der Waals surface area contributed by atoms with Crippen LogP contribution >= 0.6 is 0 Å². The van der Waals surface area contributed by atoms with Crippen molar-refractivity contribution >= 4 is 53.5 Å². The number of rotatable bonds is 14. The molecule has 0 spiro atoms. The molecule has 19 atom stereocenters. The van der Waals surface area contributed by atoms with Crippen LogP contribution in [0.15, 0.2) is 11.6 Å². The predicted octanol–water partition coefficient (Wildman–Crippen LogP) is 6.15. The fraction of sp³-hybridized carbons (Fsp3) is 0.807. The largest absolute Gasteiger partial charge is 0.469 e. The second-order valence-corrected chi connectivity index (χ2v) is 24.9. The third kappa shape index (κ3) is 11.4. The molecule has 78 heavy (non-hydrogen) atoms. The minimum atomic E-state index is -1.84. The Morgan fingerprint density at radius 2 is 1.03 bits per heavy atom. The van der Waals surface area contributed by atoms with Crippen LogP contribution in [0.25, 0.3) is 0 Å². The van der Waals surface area contributed by atoms with Gasteiger partial charge in [-0.3, -0.25) is 43.2 Å². The van der Waals surface area contributed by atoms with E-state index in [0.717, 1.165) is 87.0 Å². The molecule has 0 aromatic carbocycles. The number of allylic oxidation sites excluding steroid dienone is 2. The molecule has 21 heteroatoms. The monoisotopic (exact) mass is 1100 g/mol. The number of hydrogen-bond acceptors (Lipinski definition) is 21. The zero-order chi connectivity index (χ0) is 57.8. The standard InChI is InChI=1S/C57H82O21/c1-28(58)68-26-38-42(70-30(3)60)44(71-31(4)61)47(74-34(7)64)50(76-38)78-43-39(27-69-29(2)59)75-49(46(73-33(6)63)45(43)72-32(5)62)77-41-17-18-55(12)40(52(41,8)9)16-19-57(14)48(55)37(65)24-35-36-25-54(11,51(66)67-15)21-20-53(36,10)22-23-56(35,57)13/h24,36,38-50H,16-23,25-27H2,1-15H3/t36-,38+,39+,40-,41-,42-,43+,44-,45-,46+,47+,48+,49-,50-,53+,54-,55-,56+,57+/m0/s1. The maximum Gasteiger partial charge on any atom is 0.311 e. The summed E-state index contributed by atoms with van der Waals surface area (Å²) in [5.74, 6) is -6.36. The molecule has 2 heterocycles. The summed E-state index contributed by atoms with van der Waals surface area (Å²) in [6.45, 7) is 21.9. The van der Waals surface area contributed by atoms with Crippen molar-refractivity contribution in [2.75, 3.05) is 20.3 Å². The second kappa shape index (κ2) is 22.5. The fourth-order valence-corrected chi connectivity index (χ4v) is 15.6. The van der Waals surface area contributed by atoms with Crippen molar-refractivity contribution in [1.29, 1.82) is 0 Å². The Balaban J connectivity index is 1.23. The van der Waals surface area contributed by atoms with Crippen LogP contribution in [0.3, 0.4) is 0 Å². The molecular weight excluding hydrogens is 1020 g/mol. The van der Waals surface area contributed by atoms with Crippen molar-refractivity contribution in [2.24, 2.45) is 50.2 Å². The first kappa shape index (κ1) is 60.6. The van der Waals surface area contributed by atoms with Gasteiger partial charge >= 0.3 is 47.8 Å². The van der Waals surface area contributed by atoms with Crippen molar-refractivity contribution in [3.8, 4) is 0 Å². The van der Waals surface area contributed by atoms with Gasteiger partial charge in [-0.1, -0.05) is 47.1 Å². The summed E-state index contributed by atoms with van der Waals surface area (Å²) in [5.41, 5.74) is -1.46. The summed E-state index contributed by atoms with van der Waals surface area (Å²) >= 11 is 0. The predicted molar refractivity (Wildman–Crippen MR) is 270 cm³/mol. The third-order valence-corrected chi connectivity index (χ3v) is 19.4. The lowest BCUT2D eigenvalue weighted by Gasteiger charge is -2.70. The number of hydrogen-bond donors (Lipinski definition) is 0. The number of methoxy groups -OCH3 is 1. The van der Waals surface area contributed by atoms with Gasteiger partial charge < -0.3 is 56.8 Å². The SMILES string of the molecule is COC(=O)[C@@]1(C)CC[C@]2(C)CC[C@]3(C)C(=CC(=O)[C@@H]4[C@@]5(C)CC[C@H](O[C@@H]6O[C@H](COC(C)=O)[C@@H](O[C@@H]7O[C@H](COC(C)=O)[C@H](OC(C)=O)[C@H](OC(C)=O)[C@H]7OC(C)=O)[C@H](OC(C)=O)[C@H]6OC(C)=O)C(C)(C)[C@@H]5CC[C@]43C)[C@@H]2C1. The zero-order valence-electron chi connectivity index (χ0n) is 48.0. The van der Waals surface area contributed by atoms with E-state index in [1.54, 1.807) is 0 Å². The Kier molecular flexibility index (Phi) is 17.5. The maximum atomic E-state index is 15.2. The Morgan fingerprint density at radius 1 is 0.551 bits per heavy atom. The van der Waals surface area contributed by atoms with Gasteiger partial charge in [0.05, 0.1) is 18.6 Å². The topological polar surface area (TPSA) is 264 Å². The van der Waals surface area contributed by atoms with Gasteiger partial charge in [0, 0.05) is 54.4 Å². The molecule has 2 aliphatic heterocycles. The van der Waals surface area contributed by atoms with E-state index in [4.69, 9.17) is 56.8 Å². The van der Waals surface area contributed by atoms with Gasteiger partial charge in [-0.2, -0.15) is 0 Å². The molecule has 0 N–H and O–H groups in total. The molecule has 0 aromatic rings. The van der Waals surface area contributed by atoms with Crippen LogP contribution in [0.1, 0.15) is 155 Å². The smallest absolute Gasteiger partial charge is 0.311 e. The summed E-state index contributed by atoms with van der Waals surface area (Å²) < 4.78 is 71.4. The highest BCUT2D eigenvalue weighted by atomic mass is 16.8. The van der Waals surface area contributed by atoms with E-state index in [2.05, 4.69) is 41.5 Å². The number of esters is 8. The molecule has 2 saturated heterocycles. The van der Waals surface area contributed by atoms with Crippen LogP contribution in [0.4, 0.5) is 0 Å². The van der Waals surface area contributed by atoms with Crippen molar-refractivity contribution in [1.82, 2.24) is 0 Å². The van der Waals surface area contributed by atoms with E-state index >= 15 is 4.79 Å². The number of fused-ring (bicyclic) bond motifs is 7. The van der Waals surface area contributed by atoms with Crippen molar-refractivity contribution in [3.63, 3.8) is 0 Å². The molecule has 21 nitrogen and oxygen atoms in total. The van der Waals surface area contributed by atoms with Crippen molar-refractivity contribution in [2.45, 2.75) is 222 Å². The zero-order valence-corrected chi connectivity index (χ0v) is 48.0. The highest BCUT2D eigenvalue weighted by Gasteiger charge is 2.71. The molecular formula is C57H82O21. The summed E-state index contributed by atoms with van der Waals surface area (Å²) in [7, 11) is 1.44. The molecule has 7 rings (SSSR count). The fourth-order valence-electron chi connectivity index (χ4n) is 15.6. The van der Waals surface area contributed by atoms with Gasteiger partial charge in [-0.15, -0.1) is 0 Å². The summed E-state index contributed by atoms with van der Waals surface area (Å²) in [6.07, 6.45) is -8.05. The molecule has 7 aliphatic rings. The average Bonchev–Trinajstić information content (AvgIpc) is 3.10. The van der Waals surface area contributed by atoms with Gasteiger partial charge in [0.2, 0.25) is 0 Å². The molecule has 6 fully saturated rings. The molecule has 4 saturated carbocycles. The highest BCUT2D eigenvalue weighted by Crippen LogP contribution is 2.75. The van der Waals surface area contributed by atoms with Gasteiger partial charge in [0.15, 0.2) is 48.9 Å². The Hall–Kier alpha value is -4.99. The molecule has 0 radical (unpaired) electrons. The van der Waals surface area contributed by atoms with Crippen LogP contribution in [0, 0.1) is 50.2 Å². The van der Waals surface area contributed by atoms with Gasteiger partial charge in [0.1, 0.15) is 31.5 Å². The Bertz CT molecular complexity index is 2420. The van der Waals surface area contributed by atoms with Crippen molar-refractivity contribution in [3.05, 3.63) is 11.6 Å². The van der Waals surface area contributed by atoms with E-state index in [0.29, 0.717) is 19.3 Å². The van der Waals surface area contributed by atoms with Crippen LogP contribution in [0.5, 0.6) is 0 Å². The van der Waals surface area contributed by atoms with Crippen molar-refractivity contribution < 1.29 is 100.0 Å². The number of carbonyl (C=O) groups excluding carboxylic acids is 9. The molecule has 0 unspecified atom stereocenters. The first-order valence-electron chi connectivity index (χ1n) is 27.3. The lowest BCUT2D eigenvalue weighted by Crippen LogP contribution is -2.68. The molecule has 5 aliphatic carbocycles. The van der Waals surface area contributed by atoms with E-state index in [1.807, 2.05) is 13.0 Å². The van der Waals surface area contributed by atoms with E-state index in [-0.39, 0.29) is 40.3 Å². The first-order valence-corrected chi connectivity index (χ1v) is 27.3. The van der Waals surface area contributed by atoms with Gasteiger partial charge in [0.25, 0.3) is 0 Å². The normalized spacial score (nSPS) is 41.5. The first-order chi connectivity index (χ1) is 36.2. The van der Waals surface area contributed by atoms with Crippen LogP contribution < -0.4 is 0 Å². The minimum absolute atomic E-state index is 0.0418. The maximum absolute atomic E-state index is 15.2. The van der Waals surface area contributed by atoms with E-state index in [9.17, 15) is 38.4 Å². The van der Waals surface area contributed by atoms with Gasteiger partial charge in [-0.25, -0.2) is 0 Å². The molecule has 0 bridgehead atoms. The number of ketones is 1. The average molecular weight is 1100 g/mol. The number of ether oxygens (including phenoxy) is 12. The summed E-state index contributed by atoms with van der Waals surface area (Å²) in [5, 5.41) is 0. The van der Waals surface area contributed by atoms with E-state index < -0.39 is 144 Å². The quantitative estimate of drug-likeness (QED) is 0.107. The molecule has 0 amide bonds. The highest BCUT2D eigenvalue weighted by molar-refractivity contribution is 5.96. The summed E-state index contributed by atoms with van der Waals surface area (Å²) in [6, 6.07) is 0. The molecule has 0 aromatic heterocycles. The minimum Gasteiger partial charge on any atom is -0.469 e. The molecule has 436 valence electrons. The lowest BCUT2D eigenvalue weighted by molar-refractivity contribution is -0.369. The Morgan fingerprint density at radius 3 is 1.54 bits per heavy atom. The lowest BCUT2D eigenvalue weighted by atomic mass is 9.33. The van der Waals surface area contributed by atoms with Crippen LogP contribution in [0.2, 0.25) is 0 Å². The van der Waals surface area contributed by atoms with Crippen LogP contribution in [-0.2, 0) is 100.0 Å². The second-order valence-electron chi connectivity index (χ2n) is 24.9.